The van der Waals surface area contributed by atoms with E-state index in [9.17, 15) is 10.2 Å². The lowest BCUT2D eigenvalue weighted by Gasteiger charge is -2.43. The fourth-order valence-corrected chi connectivity index (χ4v) is 5.13. The molecule has 1 saturated heterocycles. The number of hydrogen-bond acceptors (Lipinski definition) is 8. The number of piperidine rings is 1. The molecule has 1 aromatic heterocycles. The Labute approximate surface area is 205 Å². The topological polar surface area (TPSA) is 96.3 Å². The van der Waals surface area contributed by atoms with Gasteiger partial charge in [-0.05, 0) is 54.7 Å². The van der Waals surface area contributed by atoms with Gasteiger partial charge in [-0.2, -0.15) is 0 Å². The van der Waals surface area contributed by atoms with Crippen molar-refractivity contribution >= 4 is 10.9 Å². The third kappa shape index (κ3) is 5.21. The van der Waals surface area contributed by atoms with E-state index < -0.39 is 6.10 Å². The number of methoxy groups -OCH3 is 1. The molecule has 0 saturated carbocycles. The summed E-state index contributed by atoms with van der Waals surface area (Å²) in [5.74, 6) is 2.24. The van der Waals surface area contributed by atoms with Crippen LogP contribution in [-0.2, 0) is 6.54 Å². The Kier molecular flexibility index (Phi) is 7.06. The van der Waals surface area contributed by atoms with Gasteiger partial charge in [-0.15, -0.1) is 0 Å². The Balaban J connectivity index is 1.21. The Morgan fingerprint density at radius 1 is 1.14 bits per heavy atom. The number of rotatable bonds is 9. The average molecular weight is 480 g/mol. The molecule has 0 amide bonds. The maximum absolute atomic E-state index is 11.1. The molecule has 3 heterocycles. The first kappa shape index (κ1) is 23.8. The maximum Gasteiger partial charge on any atom is 0.231 e. The fourth-order valence-electron chi connectivity index (χ4n) is 5.13. The predicted octanol–water partition coefficient (Wildman–Crippen LogP) is 3.01. The van der Waals surface area contributed by atoms with Crippen molar-refractivity contribution in [3.05, 3.63) is 59.8 Å². The molecule has 3 N–H and O–H groups in total. The summed E-state index contributed by atoms with van der Waals surface area (Å²) in [5, 5.41) is 25.5. The summed E-state index contributed by atoms with van der Waals surface area (Å²) in [4.78, 5) is 6.75. The van der Waals surface area contributed by atoms with Gasteiger partial charge < -0.3 is 34.6 Å². The molecule has 35 heavy (non-hydrogen) atoms. The quantitative estimate of drug-likeness (QED) is 0.431. The van der Waals surface area contributed by atoms with E-state index in [4.69, 9.17) is 14.2 Å². The molecule has 5 rings (SSSR count). The first-order valence-corrected chi connectivity index (χ1v) is 12.2. The van der Waals surface area contributed by atoms with Gasteiger partial charge in [0.2, 0.25) is 6.79 Å². The molecule has 3 aromatic rings. The molecule has 1 unspecified atom stereocenters. The van der Waals surface area contributed by atoms with Gasteiger partial charge in [-0.1, -0.05) is 18.2 Å². The second-order valence-electron chi connectivity index (χ2n) is 9.40. The third-order valence-electron chi connectivity index (χ3n) is 7.27. The van der Waals surface area contributed by atoms with Gasteiger partial charge in [-0.3, -0.25) is 4.98 Å². The zero-order valence-electron chi connectivity index (χ0n) is 20.1. The summed E-state index contributed by atoms with van der Waals surface area (Å²) in [6.45, 7) is 3.35. The number of benzene rings is 2. The molecule has 1 atom stereocenters. The minimum Gasteiger partial charge on any atom is -0.495 e. The number of nitrogens with one attached hydrogen (secondary N) is 1. The monoisotopic (exact) mass is 479 g/mol. The molecule has 8 heteroatoms. The number of fused-ring (bicyclic) bond motifs is 2. The van der Waals surface area contributed by atoms with E-state index in [2.05, 4.69) is 15.2 Å². The highest BCUT2D eigenvalue weighted by molar-refractivity contribution is 5.83. The van der Waals surface area contributed by atoms with E-state index in [1.54, 1.807) is 13.3 Å². The smallest absolute Gasteiger partial charge is 0.231 e. The van der Waals surface area contributed by atoms with Crippen molar-refractivity contribution in [1.82, 2.24) is 15.2 Å². The van der Waals surface area contributed by atoms with Crippen LogP contribution in [-0.4, -0.2) is 65.8 Å². The van der Waals surface area contributed by atoms with Crippen LogP contribution in [0.2, 0.25) is 0 Å². The van der Waals surface area contributed by atoms with E-state index in [0.29, 0.717) is 25.3 Å². The first-order valence-electron chi connectivity index (χ1n) is 12.2. The number of aromatic nitrogens is 1. The molecule has 2 aliphatic heterocycles. The Morgan fingerprint density at radius 3 is 2.77 bits per heavy atom. The van der Waals surface area contributed by atoms with Crippen LogP contribution in [0.1, 0.15) is 36.5 Å². The Hall–Kier alpha value is -2.91. The zero-order valence-corrected chi connectivity index (χ0v) is 20.1. The van der Waals surface area contributed by atoms with E-state index in [0.717, 1.165) is 59.5 Å². The molecule has 0 bridgehead atoms. The van der Waals surface area contributed by atoms with E-state index in [1.165, 1.54) is 0 Å². The molecule has 0 radical (unpaired) electrons. The van der Waals surface area contributed by atoms with Crippen LogP contribution < -0.4 is 19.5 Å². The van der Waals surface area contributed by atoms with Crippen LogP contribution in [0.25, 0.3) is 10.9 Å². The van der Waals surface area contributed by atoms with Crippen molar-refractivity contribution in [3.8, 4) is 17.2 Å². The summed E-state index contributed by atoms with van der Waals surface area (Å²) in [7, 11) is 1.62. The van der Waals surface area contributed by atoms with Gasteiger partial charge in [0.1, 0.15) is 5.75 Å². The standard InChI is InChI=1S/C27H33N3O5/c1-33-20-14-22-21(3-2-4-23(22)28-16-20)24(32)17-30-10-7-27(8-11-30,9-12-31)29-15-19-5-6-25-26(13-19)35-18-34-25/h2-6,13-14,16,24,29,31-32H,7-12,15,17-18H2,1H3. The lowest BCUT2D eigenvalue weighted by atomic mass is 9.84. The number of ether oxygens (including phenoxy) is 3. The number of likely N-dealkylation sites (tertiary alicyclic amines) is 1. The second-order valence-corrected chi connectivity index (χ2v) is 9.40. The number of pyridine rings is 1. The van der Waals surface area contributed by atoms with Crippen molar-refractivity contribution in [2.75, 3.05) is 40.1 Å². The molecule has 0 aliphatic carbocycles. The minimum absolute atomic E-state index is 0.136. The molecular weight excluding hydrogens is 446 g/mol. The SMILES string of the molecule is COc1cnc2cccc(C(O)CN3CCC(CCO)(NCc4ccc5c(c4)OCO5)CC3)c2c1. The number of β-amino-alcohol motifs (C(OH)–C–C–N with tert-alkyl or cyclic N) is 1. The van der Waals surface area contributed by atoms with Gasteiger partial charge in [0.05, 0.1) is 24.9 Å². The average Bonchev–Trinajstić information content (AvgIpc) is 3.36. The van der Waals surface area contributed by atoms with Crippen molar-refractivity contribution in [2.24, 2.45) is 0 Å². The van der Waals surface area contributed by atoms with Crippen LogP contribution >= 0.6 is 0 Å². The Bertz CT molecular complexity index is 1160. The number of aliphatic hydroxyl groups is 2. The van der Waals surface area contributed by atoms with E-state index in [1.807, 2.05) is 42.5 Å². The van der Waals surface area contributed by atoms with Gasteiger partial charge in [0.15, 0.2) is 11.5 Å². The molecular formula is C27H33N3O5. The highest BCUT2D eigenvalue weighted by Gasteiger charge is 2.34. The summed E-state index contributed by atoms with van der Waals surface area (Å²) in [6.07, 6.45) is 3.56. The van der Waals surface area contributed by atoms with Crippen LogP contribution in [0, 0.1) is 0 Å². The van der Waals surface area contributed by atoms with Crippen molar-refractivity contribution in [3.63, 3.8) is 0 Å². The van der Waals surface area contributed by atoms with E-state index in [-0.39, 0.29) is 18.9 Å². The molecule has 2 aromatic carbocycles. The van der Waals surface area contributed by atoms with Crippen LogP contribution in [0.5, 0.6) is 17.2 Å². The summed E-state index contributed by atoms with van der Waals surface area (Å²) < 4.78 is 16.2. The normalized spacial score (nSPS) is 18.0. The molecule has 186 valence electrons. The number of nitrogens with zero attached hydrogens (tertiary/aromatic N) is 2. The first-order chi connectivity index (χ1) is 17.1. The van der Waals surface area contributed by atoms with Gasteiger partial charge in [0.25, 0.3) is 0 Å². The largest absolute Gasteiger partial charge is 0.495 e. The second kappa shape index (κ2) is 10.4. The lowest BCUT2D eigenvalue weighted by Crippen LogP contribution is -2.54. The minimum atomic E-state index is -0.625. The lowest BCUT2D eigenvalue weighted by molar-refractivity contribution is 0.0636. The highest BCUT2D eigenvalue weighted by atomic mass is 16.7. The van der Waals surface area contributed by atoms with Crippen molar-refractivity contribution < 1.29 is 24.4 Å². The molecule has 2 aliphatic rings. The van der Waals surface area contributed by atoms with Crippen LogP contribution in [0.4, 0.5) is 0 Å². The fraction of sp³-hybridized carbons (Fsp3) is 0.444. The third-order valence-corrected chi connectivity index (χ3v) is 7.27. The summed E-state index contributed by atoms with van der Waals surface area (Å²) in [5.41, 5.74) is 2.70. The summed E-state index contributed by atoms with van der Waals surface area (Å²) in [6, 6.07) is 13.8. The number of hydrogen-bond donors (Lipinski definition) is 3. The van der Waals surface area contributed by atoms with E-state index >= 15 is 0 Å². The van der Waals surface area contributed by atoms with Gasteiger partial charge in [-0.25, -0.2) is 0 Å². The van der Waals surface area contributed by atoms with Crippen LogP contribution in [0.3, 0.4) is 0 Å². The molecule has 0 spiro atoms. The van der Waals surface area contributed by atoms with Crippen molar-refractivity contribution in [2.45, 2.75) is 37.5 Å². The number of aliphatic hydroxyl groups excluding tert-OH is 2. The van der Waals surface area contributed by atoms with Gasteiger partial charge >= 0.3 is 0 Å². The molecule has 1 fully saturated rings. The Morgan fingerprint density at radius 2 is 1.97 bits per heavy atom. The molecule has 8 nitrogen and oxygen atoms in total. The predicted molar refractivity (Wildman–Crippen MR) is 133 cm³/mol. The summed E-state index contributed by atoms with van der Waals surface area (Å²) >= 11 is 0. The van der Waals surface area contributed by atoms with Crippen LogP contribution in [0.15, 0.2) is 48.7 Å². The van der Waals surface area contributed by atoms with Gasteiger partial charge in [0, 0.05) is 43.7 Å². The van der Waals surface area contributed by atoms with Crippen molar-refractivity contribution in [1.29, 1.82) is 0 Å². The maximum atomic E-state index is 11.1. The highest BCUT2D eigenvalue weighted by Crippen LogP contribution is 2.34. The zero-order chi connectivity index (χ0) is 24.3.